The highest BCUT2D eigenvalue weighted by Gasteiger charge is 2.20. The van der Waals surface area contributed by atoms with E-state index in [-0.39, 0.29) is 17.2 Å². The lowest BCUT2D eigenvalue weighted by atomic mass is 10.0. The Bertz CT molecular complexity index is 1450. The van der Waals surface area contributed by atoms with Gasteiger partial charge in [-0.1, -0.05) is 6.07 Å². The zero-order valence-electron chi connectivity index (χ0n) is 20.1. The number of aliphatic hydroxyl groups is 1. The van der Waals surface area contributed by atoms with Crippen LogP contribution in [-0.4, -0.2) is 25.4 Å². The number of hydrogen-bond donors (Lipinski definition) is 3. The van der Waals surface area contributed by atoms with Gasteiger partial charge in [0.05, 0.1) is 5.69 Å². The number of nitrogens with two attached hydrogens (primary N) is 1. The van der Waals surface area contributed by atoms with Gasteiger partial charge in [0.1, 0.15) is 34.5 Å². The molecule has 0 aliphatic heterocycles. The monoisotopic (exact) mass is 440 g/mol. The van der Waals surface area contributed by atoms with Gasteiger partial charge in [-0.25, -0.2) is 18.7 Å². The molecule has 0 bridgehead atoms. The molecule has 4 aromatic rings. The maximum atomic E-state index is 13.4. The number of aliphatic hydroxyl groups excluding tert-OH is 1. The molecule has 4 N–H and O–H groups in total. The van der Waals surface area contributed by atoms with E-state index in [0.717, 1.165) is 12.1 Å². The van der Waals surface area contributed by atoms with Crippen LogP contribution in [0.2, 0.25) is 0 Å². The largest absolute Gasteiger partial charge is 0.382 e. The Labute approximate surface area is 186 Å². The Morgan fingerprint density at radius 2 is 1.91 bits per heavy atom. The van der Waals surface area contributed by atoms with E-state index < -0.39 is 30.5 Å². The third kappa shape index (κ3) is 3.90. The van der Waals surface area contributed by atoms with Crippen molar-refractivity contribution in [3.05, 3.63) is 76.9 Å². The highest BCUT2D eigenvalue weighted by Crippen LogP contribution is 2.32. The number of carbonyl (C=O) groups is 1. The summed E-state index contributed by atoms with van der Waals surface area (Å²) in [5, 5.41) is 12.7. The first-order valence-corrected chi connectivity index (χ1v) is 9.56. The molecule has 0 spiro atoms. The van der Waals surface area contributed by atoms with E-state index in [1.807, 2.05) is 0 Å². The highest BCUT2D eigenvalue weighted by atomic mass is 19.1. The van der Waals surface area contributed by atoms with Gasteiger partial charge in [0.2, 0.25) is 0 Å². The number of nitrogen functional groups attached to an aromatic ring is 1. The molecule has 2 heterocycles. The summed E-state index contributed by atoms with van der Waals surface area (Å²) >= 11 is 0. The molecule has 2 aromatic carbocycles. The van der Waals surface area contributed by atoms with Gasteiger partial charge in [-0.05, 0) is 56.1 Å². The first kappa shape index (κ1) is 17.8. The molecule has 0 saturated carbocycles. The summed E-state index contributed by atoms with van der Waals surface area (Å²) in [6.07, 6.45) is -0.252. The number of nitrogens with zero attached hydrogens (tertiary/aromatic N) is 3. The molecule has 0 saturated heterocycles. The predicted molar refractivity (Wildman–Crippen MR) is 117 cm³/mol. The van der Waals surface area contributed by atoms with Crippen LogP contribution in [-0.2, 0) is 4.79 Å². The minimum Gasteiger partial charge on any atom is -0.382 e. The number of imidazole rings is 1. The molecule has 32 heavy (non-hydrogen) atoms. The van der Waals surface area contributed by atoms with Gasteiger partial charge in [-0.2, -0.15) is 0 Å². The number of anilines is 2. The number of nitrogens with one attached hydrogen (secondary N) is 1. The average molecular weight is 440 g/mol. The Balaban J connectivity index is 1.69. The van der Waals surface area contributed by atoms with Crippen LogP contribution in [0, 0.1) is 32.3 Å². The van der Waals surface area contributed by atoms with Crippen LogP contribution < -0.4 is 11.1 Å². The second-order valence-electron chi connectivity index (χ2n) is 7.39. The Hall–Kier alpha value is -3.85. The van der Waals surface area contributed by atoms with Crippen molar-refractivity contribution in [3.8, 4) is 11.3 Å². The number of rotatable bonds is 4. The quantitative estimate of drug-likeness (QED) is 0.447. The molecule has 2 aromatic heterocycles. The Kier molecular flexibility index (Phi) is 4.45. The van der Waals surface area contributed by atoms with Gasteiger partial charge in [0, 0.05) is 27.6 Å². The molecule has 7 nitrogen and oxygen atoms in total. The number of fused-ring (bicyclic) bond motifs is 1. The van der Waals surface area contributed by atoms with Crippen LogP contribution >= 0.6 is 0 Å². The normalized spacial score (nSPS) is 14.0. The summed E-state index contributed by atoms with van der Waals surface area (Å²) in [7, 11) is 0. The number of hydrogen-bond acceptors (Lipinski definition) is 5. The van der Waals surface area contributed by atoms with E-state index in [1.54, 1.807) is 32.2 Å². The minimum atomic E-state index is -2.50. The molecule has 0 aliphatic rings. The van der Waals surface area contributed by atoms with Crippen LogP contribution in [0.25, 0.3) is 16.8 Å². The molecule has 4 rings (SSSR count). The van der Waals surface area contributed by atoms with E-state index in [2.05, 4.69) is 15.3 Å². The lowest BCUT2D eigenvalue weighted by Crippen LogP contribution is -2.21. The standard InChI is InChI=1S/C23H21F2N5O2/c1-11-6-17(29-23(32)21(31)14-7-15(24)9-16(25)8-14)4-5-18(11)19-20-22(26)27-12(2)10-30(20)13(3)28-19/h4-10,21,31H,1-3H3,(H2,26,27)(H,29,32)/t21-/m0/s1/i3D3. The van der Waals surface area contributed by atoms with Gasteiger partial charge in [0.15, 0.2) is 6.10 Å². The Morgan fingerprint density at radius 1 is 1.19 bits per heavy atom. The van der Waals surface area contributed by atoms with E-state index in [4.69, 9.17) is 9.85 Å². The first-order chi connectivity index (χ1) is 16.3. The first-order valence-electron chi connectivity index (χ1n) is 11.1. The van der Waals surface area contributed by atoms with Crippen molar-refractivity contribution in [2.24, 2.45) is 0 Å². The molecule has 164 valence electrons. The fourth-order valence-corrected chi connectivity index (χ4v) is 3.55. The molecular formula is C23H21F2N5O2. The summed E-state index contributed by atoms with van der Waals surface area (Å²) in [6.45, 7) is 0.908. The average Bonchev–Trinajstić information content (AvgIpc) is 3.12. The fourth-order valence-electron chi connectivity index (χ4n) is 3.55. The second kappa shape index (κ2) is 8.01. The third-order valence-corrected chi connectivity index (χ3v) is 4.96. The van der Waals surface area contributed by atoms with Crippen molar-refractivity contribution >= 4 is 22.9 Å². The number of halogens is 2. The lowest BCUT2D eigenvalue weighted by molar-refractivity contribution is -0.124. The maximum Gasteiger partial charge on any atom is 0.257 e. The fraction of sp³-hybridized carbons (Fsp3) is 0.174. The second-order valence-corrected chi connectivity index (χ2v) is 7.39. The molecule has 0 radical (unpaired) electrons. The van der Waals surface area contributed by atoms with E-state index in [9.17, 15) is 18.7 Å². The lowest BCUT2D eigenvalue weighted by Gasteiger charge is -2.13. The summed E-state index contributed by atoms with van der Waals surface area (Å²) in [4.78, 5) is 21.0. The maximum absolute atomic E-state index is 13.4. The van der Waals surface area contributed by atoms with Crippen molar-refractivity contribution in [1.82, 2.24) is 14.4 Å². The zero-order valence-corrected chi connectivity index (χ0v) is 17.1. The number of benzene rings is 2. The van der Waals surface area contributed by atoms with Crippen LogP contribution in [0.4, 0.5) is 20.3 Å². The molecular weight excluding hydrogens is 416 g/mol. The van der Waals surface area contributed by atoms with Gasteiger partial charge in [0.25, 0.3) is 5.91 Å². The summed E-state index contributed by atoms with van der Waals surface area (Å²) in [6, 6.07) is 7.10. The zero-order chi connectivity index (χ0) is 25.7. The molecule has 0 fully saturated rings. The molecule has 0 unspecified atom stereocenters. The van der Waals surface area contributed by atoms with Crippen molar-refractivity contribution < 1.29 is 22.8 Å². The molecule has 9 heteroatoms. The van der Waals surface area contributed by atoms with Crippen molar-refractivity contribution in [2.75, 3.05) is 11.1 Å². The SMILES string of the molecule is [2H]C([2H])([2H])c1nc(-c2ccc(NC(=O)[C@@H](O)c3cc(F)cc(F)c3)cc2C)c2c(N)nc(C)cn12. The molecule has 1 amide bonds. The van der Waals surface area contributed by atoms with Gasteiger partial charge < -0.3 is 16.2 Å². The molecule has 0 aliphatic carbocycles. The Morgan fingerprint density at radius 3 is 2.56 bits per heavy atom. The van der Waals surface area contributed by atoms with Crippen molar-refractivity contribution in [3.63, 3.8) is 0 Å². The van der Waals surface area contributed by atoms with Crippen molar-refractivity contribution in [1.29, 1.82) is 0 Å². The van der Waals surface area contributed by atoms with Crippen molar-refractivity contribution in [2.45, 2.75) is 26.8 Å². The summed E-state index contributed by atoms with van der Waals surface area (Å²) < 4.78 is 51.8. The number of carbonyl (C=O) groups excluding carboxylic acids is 1. The van der Waals surface area contributed by atoms with E-state index in [0.29, 0.717) is 39.8 Å². The van der Waals surface area contributed by atoms with E-state index >= 15 is 0 Å². The number of amides is 1. The van der Waals surface area contributed by atoms with Crippen LogP contribution in [0.1, 0.15) is 32.9 Å². The predicted octanol–water partition coefficient (Wildman–Crippen LogP) is 3.85. The summed E-state index contributed by atoms with van der Waals surface area (Å²) in [5.41, 5.74) is 8.53. The molecule has 1 atom stereocenters. The third-order valence-electron chi connectivity index (χ3n) is 4.96. The van der Waals surface area contributed by atoms with Crippen LogP contribution in [0.3, 0.4) is 0 Å². The van der Waals surface area contributed by atoms with Crippen LogP contribution in [0.5, 0.6) is 0 Å². The summed E-state index contributed by atoms with van der Waals surface area (Å²) in [5.74, 6) is -2.77. The highest BCUT2D eigenvalue weighted by molar-refractivity contribution is 5.95. The topological polar surface area (TPSA) is 106 Å². The van der Waals surface area contributed by atoms with Gasteiger partial charge in [-0.3, -0.25) is 9.20 Å². The number of aromatic nitrogens is 3. The smallest absolute Gasteiger partial charge is 0.257 e. The van der Waals surface area contributed by atoms with Gasteiger partial charge in [-0.15, -0.1) is 0 Å². The number of aryl methyl sites for hydroxylation is 3. The van der Waals surface area contributed by atoms with Gasteiger partial charge >= 0.3 is 0 Å². The minimum absolute atomic E-state index is 0.116. The van der Waals surface area contributed by atoms with E-state index in [1.165, 1.54) is 10.5 Å². The van der Waals surface area contributed by atoms with Crippen LogP contribution in [0.15, 0.2) is 42.6 Å².